The Balaban J connectivity index is 2.53. The van der Waals surface area contributed by atoms with Gasteiger partial charge in [0, 0.05) is 5.56 Å². The molecule has 0 aliphatic carbocycles. The summed E-state index contributed by atoms with van der Waals surface area (Å²) in [6.45, 7) is 1.91. The number of carbonyl (C=O) groups excluding carboxylic acids is 1. The van der Waals surface area contributed by atoms with E-state index in [2.05, 4.69) is 15.9 Å². The van der Waals surface area contributed by atoms with E-state index in [1.165, 1.54) is 0 Å². The minimum atomic E-state index is -0.732. The van der Waals surface area contributed by atoms with Crippen molar-refractivity contribution in [2.24, 2.45) is 0 Å². The van der Waals surface area contributed by atoms with Crippen LogP contribution in [0.5, 0.6) is 0 Å². The summed E-state index contributed by atoms with van der Waals surface area (Å²) in [5.74, 6) is -1.88. The summed E-state index contributed by atoms with van der Waals surface area (Å²) in [5, 5.41) is 0. The van der Waals surface area contributed by atoms with Gasteiger partial charge in [0.05, 0.1) is 10.0 Å². The van der Waals surface area contributed by atoms with Crippen LogP contribution in [0.3, 0.4) is 0 Å². The second-order valence-corrected chi connectivity index (χ2v) is 4.94. The molecule has 0 saturated heterocycles. The molecule has 0 radical (unpaired) electrons. The molecule has 2 aromatic rings. The van der Waals surface area contributed by atoms with Crippen LogP contribution in [-0.4, -0.2) is 5.78 Å². The molecule has 0 spiro atoms. The Morgan fingerprint density at radius 1 is 1.11 bits per heavy atom. The topological polar surface area (TPSA) is 17.1 Å². The Bertz CT molecular complexity index is 638. The van der Waals surface area contributed by atoms with Crippen molar-refractivity contribution in [2.45, 2.75) is 13.3 Å². The van der Waals surface area contributed by atoms with Gasteiger partial charge in [-0.05, 0) is 40.0 Å². The molecule has 0 saturated carbocycles. The fourth-order valence-electron chi connectivity index (χ4n) is 1.89. The van der Waals surface area contributed by atoms with E-state index in [0.717, 1.165) is 17.7 Å². The van der Waals surface area contributed by atoms with Crippen LogP contribution >= 0.6 is 15.9 Å². The first-order valence-electron chi connectivity index (χ1n) is 5.81. The molecule has 0 atom stereocenters. The van der Waals surface area contributed by atoms with Gasteiger partial charge in [0.1, 0.15) is 11.6 Å². The van der Waals surface area contributed by atoms with Crippen molar-refractivity contribution in [2.75, 3.05) is 0 Å². The zero-order valence-electron chi connectivity index (χ0n) is 10.2. The number of benzene rings is 2. The molecule has 0 unspecified atom stereocenters. The summed E-state index contributed by atoms with van der Waals surface area (Å²) in [4.78, 5) is 12.3. The smallest absolute Gasteiger partial charge is 0.196 e. The highest BCUT2D eigenvalue weighted by molar-refractivity contribution is 9.10. The van der Waals surface area contributed by atoms with E-state index < -0.39 is 17.4 Å². The van der Waals surface area contributed by atoms with Gasteiger partial charge in [-0.25, -0.2) is 8.78 Å². The molecule has 0 fully saturated rings. The highest BCUT2D eigenvalue weighted by Crippen LogP contribution is 2.23. The molecule has 0 N–H and O–H groups in total. The summed E-state index contributed by atoms with van der Waals surface area (Å²) >= 11 is 2.89. The van der Waals surface area contributed by atoms with Gasteiger partial charge in [-0.2, -0.15) is 0 Å². The minimum Gasteiger partial charge on any atom is -0.288 e. The lowest BCUT2D eigenvalue weighted by Gasteiger charge is -2.08. The summed E-state index contributed by atoms with van der Waals surface area (Å²) in [5.41, 5.74) is 0.974. The predicted octanol–water partition coefficient (Wildman–Crippen LogP) is 4.52. The van der Waals surface area contributed by atoms with Crippen LogP contribution in [0.2, 0.25) is 0 Å². The Morgan fingerprint density at radius 3 is 2.47 bits per heavy atom. The first-order chi connectivity index (χ1) is 9.04. The maximum absolute atomic E-state index is 13.8. The van der Waals surface area contributed by atoms with Crippen LogP contribution in [-0.2, 0) is 6.42 Å². The van der Waals surface area contributed by atoms with Gasteiger partial charge in [0.25, 0.3) is 0 Å². The second kappa shape index (κ2) is 5.61. The molecule has 0 aliphatic heterocycles. The zero-order valence-corrected chi connectivity index (χ0v) is 11.8. The van der Waals surface area contributed by atoms with Crippen LogP contribution in [0.4, 0.5) is 8.78 Å². The SMILES string of the molecule is CCc1ccccc1C(=O)c1cc(F)c(Br)cc1F. The summed E-state index contributed by atoms with van der Waals surface area (Å²) in [6, 6.07) is 8.85. The van der Waals surface area contributed by atoms with Gasteiger partial charge < -0.3 is 0 Å². The van der Waals surface area contributed by atoms with Gasteiger partial charge in [-0.3, -0.25) is 4.79 Å². The summed E-state index contributed by atoms with van der Waals surface area (Å²) < 4.78 is 27.2. The summed E-state index contributed by atoms with van der Waals surface area (Å²) in [7, 11) is 0. The van der Waals surface area contributed by atoms with Crippen molar-refractivity contribution in [3.05, 3.63) is 69.2 Å². The molecule has 0 aromatic heterocycles. The molecule has 0 heterocycles. The van der Waals surface area contributed by atoms with Crippen molar-refractivity contribution >= 4 is 21.7 Å². The van der Waals surface area contributed by atoms with E-state index >= 15 is 0 Å². The molecule has 1 nitrogen and oxygen atoms in total. The maximum atomic E-state index is 13.8. The normalized spacial score (nSPS) is 10.5. The lowest BCUT2D eigenvalue weighted by molar-refractivity contribution is 0.103. The van der Waals surface area contributed by atoms with E-state index in [-0.39, 0.29) is 10.0 Å². The van der Waals surface area contributed by atoms with Gasteiger partial charge in [0.15, 0.2) is 5.78 Å². The number of ketones is 1. The molecule has 0 aliphatic rings. The van der Waals surface area contributed by atoms with Crippen molar-refractivity contribution in [1.29, 1.82) is 0 Å². The van der Waals surface area contributed by atoms with Gasteiger partial charge in [-0.1, -0.05) is 31.2 Å². The van der Waals surface area contributed by atoms with Crippen molar-refractivity contribution in [3.8, 4) is 0 Å². The average molecular weight is 325 g/mol. The number of halogens is 3. The lowest BCUT2D eigenvalue weighted by Crippen LogP contribution is -2.08. The van der Waals surface area contributed by atoms with E-state index in [9.17, 15) is 13.6 Å². The molecule has 0 amide bonds. The molecule has 4 heteroatoms. The number of carbonyl (C=O) groups is 1. The minimum absolute atomic E-state index is 0.00493. The van der Waals surface area contributed by atoms with E-state index in [1.54, 1.807) is 18.2 Å². The molecule has 2 aromatic carbocycles. The molecular weight excluding hydrogens is 314 g/mol. The highest BCUT2D eigenvalue weighted by atomic mass is 79.9. The number of hydrogen-bond acceptors (Lipinski definition) is 1. The molecular formula is C15H11BrF2O. The van der Waals surface area contributed by atoms with E-state index in [1.807, 2.05) is 13.0 Å². The van der Waals surface area contributed by atoms with Crippen molar-refractivity contribution in [3.63, 3.8) is 0 Å². The second-order valence-electron chi connectivity index (χ2n) is 4.09. The number of rotatable bonds is 3. The first kappa shape index (κ1) is 13.9. The predicted molar refractivity (Wildman–Crippen MR) is 73.3 cm³/mol. The Morgan fingerprint density at radius 2 is 1.79 bits per heavy atom. The third kappa shape index (κ3) is 2.73. The Labute approximate surface area is 118 Å². The first-order valence-corrected chi connectivity index (χ1v) is 6.61. The van der Waals surface area contributed by atoms with Gasteiger partial charge in [0.2, 0.25) is 0 Å². The zero-order chi connectivity index (χ0) is 14.0. The third-order valence-corrected chi connectivity index (χ3v) is 3.51. The summed E-state index contributed by atoms with van der Waals surface area (Å²) in [6.07, 6.45) is 0.655. The van der Waals surface area contributed by atoms with E-state index in [0.29, 0.717) is 12.0 Å². The Hall–Kier alpha value is -1.55. The quantitative estimate of drug-likeness (QED) is 0.599. The van der Waals surface area contributed by atoms with Crippen molar-refractivity contribution < 1.29 is 13.6 Å². The van der Waals surface area contributed by atoms with Gasteiger partial charge >= 0.3 is 0 Å². The average Bonchev–Trinajstić information content (AvgIpc) is 2.42. The van der Waals surface area contributed by atoms with Crippen LogP contribution in [0, 0.1) is 11.6 Å². The van der Waals surface area contributed by atoms with Crippen LogP contribution in [0.25, 0.3) is 0 Å². The standard InChI is InChI=1S/C15H11BrF2O/c1-2-9-5-3-4-6-10(9)15(19)11-7-14(18)12(16)8-13(11)17/h3-8H,2H2,1H3. The van der Waals surface area contributed by atoms with Crippen LogP contribution in [0.1, 0.15) is 28.4 Å². The monoisotopic (exact) mass is 324 g/mol. The Kier molecular flexibility index (Phi) is 4.10. The van der Waals surface area contributed by atoms with E-state index in [4.69, 9.17) is 0 Å². The molecule has 98 valence electrons. The fraction of sp³-hybridized carbons (Fsp3) is 0.133. The largest absolute Gasteiger partial charge is 0.288 e. The fourth-order valence-corrected chi connectivity index (χ4v) is 2.21. The van der Waals surface area contributed by atoms with Crippen molar-refractivity contribution in [1.82, 2.24) is 0 Å². The molecule has 19 heavy (non-hydrogen) atoms. The van der Waals surface area contributed by atoms with Crippen LogP contribution < -0.4 is 0 Å². The van der Waals surface area contributed by atoms with Gasteiger partial charge in [-0.15, -0.1) is 0 Å². The van der Waals surface area contributed by atoms with Crippen LogP contribution in [0.15, 0.2) is 40.9 Å². The molecule has 0 bridgehead atoms. The molecule has 2 rings (SSSR count). The highest BCUT2D eigenvalue weighted by Gasteiger charge is 2.18. The number of aryl methyl sites for hydroxylation is 1. The third-order valence-electron chi connectivity index (χ3n) is 2.90. The number of hydrogen-bond donors (Lipinski definition) is 0. The maximum Gasteiger partial charge on any atom is 0.196 e. The lowest BCUT2D eigenvalue weighted by atomic mass is 9.97.